The smallest absolute Gasteiger partial charge is 0.214 e. The van der Waals surface area contributed by atoms with Crippen LogP contribution in [0.5, 0.6) is 5.88 Å². The highest BCUT2D eigenvalue weighted by atomic mass is 32.1. The molecule has 0 aliphatic rings. The number of unbranched alkanes of at least 4 members (excludes halogenated alkanes) is 1. The van der Waals surface area contributed by atoms with E-state index in [1.165, 1.54) is 0 Å². The van der Waals surface area contributed by atoms with E-state index >= 15 is 0 Å². The van der Waals surface area contributed by atoms with Crippen molar-refractivity contribution in [2.24, 2.45) is 0 Å². The zero-order chi connectivity index (χ0) is 13.0. The van der Waals surface area contributed by atoms with Gasteiger partial charge in [-0.1, -0.05) is 31.1 Å². The van der Waals surface area contributed by atoms with E-state index in [2.05, 4.69) is 16.9 Å². The van der Waals surface area contributed by atoms with Gasteiger partial charge in [-0.2, -0.15) is 0 Å². The van der Waals surface area contributed by atoms with Gasteiger partial charge in [0.2, 0.25) is 5.88 Å². The van der Waals surface area contributed by atoms with Crippen molar-refractivity contribution < 1.29 is 9.84 Å². The highest BCUT2D eigenvalue weighted by Crippen LogP contribution is 2.22. The van der Waals surface area contributed by atoms with Gasteiger partial charge in [-0.05, 0) is 19.4 Å². The minimum absolute atomic E-state index is 0.302. The summed E-state index contributed by atoms with van der Waals surface area (Å²) < 4.78 is 5.50. The van der Waals surface area contributed by atoms with E-state index in [0.717, 1.165) is 34.6 Å². The molecule has 18 heavy (non-hydrogen) atoms. The first kappa shape index (κ1) is 13.2. The second kappa shape index (κ2) is 6.11. The van der Waals surface area contributed by atoms with Gasteiger partial charge in [0.15, 0.2) is 0 Å². The summed E-state index contributed by atoms with van der Waals surface area (Å²) in [5, 5.41) is 10.7. The molecule has 2 aromatic heterocycles. The van der Waals surface area contributed by atoms with E-state index in [1.54, 1.807) is 17.4 Å². The monoisotopic (exact) mass is 266 g/mol. The van der Waals surface area contributed by atoms with Gasteiger partial charge in [-0.25, -0.2) is 9.97 Å². The molecule has 0 aliphatic heterocycles. The number of fused-ring (bicyclic) bond motifs is 1. The van der Waals surface area contributed by atoms with Gasteiger partial charge in [0.1, 0.15) is 17.0 Å². The van der Waals surface area contributed by atoms with Gasteiger partial charge in [0.25, 0.3) is 0 Å². The number of nitrogens with zero attached hydrogens (tertiary/aromatic N) is 2. The number of aromatic nitrogens is 2. The van der Waals surface area contributed by atoms with E-state index in [0.29, 0.717) is 12.5 Å². The van der Waals surface area contributed by atoms with E-state index in [4.69, 9.17) is 4.74 Å². The Labute approximate surface area is 111 Å². The number of aliphatic hydroxyl groups excluding tert-OH is 1. The Hall–Kier alpha value is -1.20. The van der Waals surface area contributed by atoms with Crippen LogP contribution in [0.1, 0.15) is 31.2 Å². The maximum absolute atomic E-state index is 9.70. The van der Waals surface area contributed by atoms with Crippen molar-refractivity contribution in [3.05, 3.63) is 17.1 Å². The lowest BCUT2D eigenvalue weighted by atomic mass is 10.2. The lowest BCUT2D eigenvalue weighted by molar-refractivity contribution is 0.0958. The predicted molar refractivity (Wildman–Crippen MR) is 73.2 cm³/mol. The lowest BCUT2D eigenvalue weighted by Crippen LogP contribution is -2.17. The number of hydrogen-bond donors (Lipinski definition) is 1. The molecular weight excluding hydrogens is 248 g/mol. The number of hydrogen-bond acceptors (Lipinski definition) is 5. The standard InChI is InChI=1S/C13H18N2O2S/c1-3-4-5-10(16)8-17-12-7-6-11-13(15-12)18-9(2)14-11/h6-7,10,16H,3-5,8H2,1-2H3. The van der Waals surface area contributed by atoms with Crippen molar-refractivity contribution >= 4 is 21.7 Å². The van der Waals surface area contributed by atoms with Crippen molar-refractivity contribution in [3.63, 3.8) is 0 Å². The Morgan fingerprint density at radius 3 is 3.00 bits per heavy atom. The summed E-state index contributed by atoms with van der Waals surface area (Å²) in [6.45, 7) is 4.37. The predicted octanol–water partition coefficient (Wildman–Crippen LogP) is 2.93. The molecule has 98 valence electrons. The van der Waals surface area contributed by atoms with Crippen LogP contribution >= 0.6 is 11.3 Å². The summed E-state index contributed by atoms with van der Waals surface area (Å²) in [4.78, 5) is 9.59. The van der Waals surface area contributed by atoms with Crippen LogP contribution in [-0.4, -0.2) is 27.8 Å². The van der Waals surface area contributed by atoms with Crippen molar-refractivity contribution in [2.45, 2.75) is 39.2 Å². The van der Waals surface area contributed by atoms with Crippen LogP contribution in [0.15, 0.2) is 12.1 Å². The first-order valence-corrected chi connectivity index (χ1v) is 7.05. The van der Waals surface area contributed by atoms with E-state index < -0.39 is 6.10 Å². The normalized spacial score (nSPS) is 12.8. The SMILES string of the molecule is CCCCC(O)COc1ccc2nc(C)sc2n1. The number of pyridine rings is 1. The first-order chi connectivity index (χ1) is 8.69. The number of thiazole rings is 1. The van der Waals surface area contributed by atoms with Crippen LogP contribution in [0.3, 0.4) is 0 Å². The Balaban J connectivity index is 1.95. The second-order valence-electron chi connectivity index (χ2n) is 4.31. The van der Waals surface area contributed by atoms with Gasteiger partial charge in [-0.15, -0.1) is 0 Å². The maximum Gasteiger partial charge on any atom is 0.214 e. The van der Waals surface area contributed by atoms with Gasteiger partial charge in [0, 0.05) is 6.07 Å². The topological polar surface area (TPSA) is 55.2 Å². The van der Waals surface area contributed by atoms with Gasteiger partial charge in [0.05, 0.1) is 11.1 Å². The molecular formula is C13H18N2O2S. The van der Waals surface area contributed by atoms with E-state index in [1.807, 2.05) is 13.0 Å². The minimum Gasteiger partial charge on any atom is -0.475 e. The zero-order valence-electron chi connectivity index (χ0n) is 10.7. The molecule has 2 rings (SSSR count). The Morgan fingerprint density at radius 1 is 1.39 bits per heavy atom. The average Bonchev–Trinajstić information content (AvgIpc) is 2.73. The molecule has 5 heteroatoms. The molecule has 1 atom stereocenters. The van der Waals surface area contributed by atoms with Crippen LogP contribution in [0.2, 0.25) is 0 Å². The molecule has 1 N–H and O–H groups in total. The molecule has 2 aromatic rings. The van der Waals surface area contributed by atoms with Crippen molar-refractivity contribution in [2.75, 3.05) is 6.61 Å². The Morgan fingerprint density at radius 2 is 2.22 bits per heavy atom. The largest absolute Gasteiger partial charge is 0.475 e. The number of aryl methyl sites for hydroxylation is 1. The lowest BCUT2D eigenvalue weighted by Gasteiger charge is -2.10. The third kappa shape index (κ3) is 3.40. The summed E-state index contributed by atoms with van der Waals surface area (Å²) in [6, 6.07) is 3.70. The number of rotatable bonds is 6. The van der Waals surface area contributed by atoms with Crippen LogP contribution in [0, 0.1) is 6.92 Å². The van der Waals surface area contributed by atoms with E-state index in [-0.39, 0.29) is 0 Å². The summed E-state index contributed by atoms with van der Waals surface area (Å²) in [7, 11) is 0. The third-order valence-corrected chi connectivity index (χ3v) is 3.53. The Bertz CT molecular complexity index is 513. The zero-order valence-corrected chi connectivity index (χ0v) is 11.5. The molecule has 0 fully saturated rings. The number of ether oxygens (including phenoxy) is 1. The van der Waals surface area contributed by atoms with Crippen LogP contribution in [-0.2, 0) is 0 Å². The molecule has 0 saturated carbocycles. The van der Waals surface area contributed by atoms with Gasteiger partial charge < -0.3 is 9.84 Å². The molecule has 0 saturated heterocycles. The molecule has 1 unspecified atom stereocenters. The van der Waals surface area contributed by atoms with Crippen molar-refractivity contribution in [1.82, 2.24) is 9.97 Å². The fourth-order valence-corrected chi connectivity index (χ4v) is 2.47. The molecule has 2 heterocycles. The molecule has 0 aromatic carbocycles. The fourth-order valence-electron chi connectivity index (χ4n) is 1.69. The molecule has 0 aliphatic carbocycles. The maximum atomic E-state index is 9.70. The third-order valence-electron chi connectivity index (χ3n) is 2.65. The molecule has 0 radical (unpaired) electrons. The quantitative estimate of drug-likeness (QED) is 0.873. The molecule has 0 bridgehead atoms. The Kier molecular flexibility index (Phi) is 4.49. The highest BCUT2D eigenvalue weighted by Gasteiger charge is 2.07. The summed E-state index contributed by atoms with van der Waals surface area (Å²) in [5.74, 6) is 0.557. The van der Waals surface area contributed by atoms with Crippen LogP contribution in [0.4, 0.5) is 0 Å². The fraction of sp³-hybridized carbons (Fsp3) is 0.538. The van der Waals surface area contributed by atoms with E-state index in [9.17, 15) is 5.11 Å². The first-order valence-electron chi connectivity index (χ1n) is 6.24. The van der Waals surface area contributed by atoms with Gasteiger partial charge in [-0.3, -0.25) is 0 Å². The van der Waals surface area contributed by atoms with Crippen LogP contribution in [0.25, 0.3) is 10.3 Å². The minimum atomic E-state index is -0.411. The summed E-state index contributed by atoms with van der Waals surface area (Å²) in [6.07, 6.45) is 2.47. The summed E-state index contributed by atoms with van der Waals surface area (Å²) in [5.41, 5.74) is 0.899. The van der Waals surface area contributed by atoms with Crippen LogP contribution < -0.4 is 4.74 Å². The van der Waals surface area contributed by atoms with Crippen molar-refractivity contribution in [1.29, 1.82) is 0 Å². The molecule has 0 spiro atoms. The van der Waals surface area contributed by atoms with Gasteiger partial charge >= 0.3 is 0 Å². The average molecular weight is 266 g/mol. The molecule has 4 nitrogen and oxygen atoms in total. The number of aliphatic hydroxyl groups is 1. The molecule has 0 amide bonds. The highest BCUT2D eigenvalue weighted by molar-refractivity contribution is 7.18. The second-order valence-corrected chi connectivity index (χ2v) is 5.50. The summed E-state index contributed by atoms with van der Waals surface area (Å²) >= 11 is 1.55. The van der Waals surface area contributed by atoms with Crippen molar-refractivity contribution in [3.8, 4) is 5.88 Å².